The number of thiocarbonyl (C=S) groups is 1. The van der Waals surface area contributed by atoms with Gasteiger partial charge in [0.1, 0.15) is 0 Å². The maximum atomic E-state index is 11.8. The van der Waals surface area contributed by atoms with Crippen molar-refractivity contribution in [2.24, 2.45) is 5.92 Å². The molecule has 27 heavy (non-hydrogen) atoms. The van der Waals surface area contributed by atoms with Crippen LogP contribution < -0.4 is 5.32 Å². The Labute approximate surface area is 168 Å². The second kappa shape index (κ2) is 8.07. The van der Waals surface area contributed by atoms with E-state index in [0.717, 1.165) is 22.1 Å². The number of aromatic nitrogens is 2. The van der Waals surface area contributed by atoms with Gasteiger partial charge < -0.3 is 10.2 Å². The van der Waals surface area contributed by atoms with Crippen LogP contribution in [0.25, 0.3) is 0 Å². The molecule has 0 amide bonds. The first kappa shape index (κ1) is 20.6. The van der Waals surface area contributed by atoms with Crippen molar-refractivity contribution in [3.8, 4) is 0 Å². The van der Waals surface area contributed by atoms with E-state index in [1.54, 1.807) is 0 Å². The van der Waals surface area contributed by atoms with Crippen molar-refractivity contribution in [1.29, 1.82) is 0 Å². The van der Waals surface area contributed by atoms with E-state index < -0.39 is 9.84 Å². The highest BCUT2D eigenvalue weighted by Gasteiger charge is 2.31. The molecular weight excluding hydrogens is 380 g/mol. The molecule has 0 spiro atoms. The van der Waals surface area contributed by atoms with Gasteiger partial charge in [-0.25, -0.2) is 8.42 Å². The van der Waals surface area contributed by atoms with Crippen LogP contribution in [0.5, 0.6) is 0 Å². The fraction of sp³-hybridized carbons (Fsp3) is 0.789. The third-order valence-electron chi connectivity index (χ3n) is 6.19. The van der Waals surface area contributed by atoms with Gasteiger partial charge in [-0.3, -0.25) is 4.68 Å². The summed E-state index contributed by atoms with van der Waals surface area (Å²) in [6, 6.07) is 0.420. The van der Waals surface area contributed by atoms with E-state index in [1.165, 1.54) is 25.7 Å². The molecule has 1 N–H and O–H groups in total. The third-order valence-corrected chi connectivity index (χ3v) is 8.37. The Kier molecular flexibility index (Phi) is 6.15. The highest BCUT2D eigenvalue weighted by atomic mass is 32.2. The maximum Gasteiger partial charge on any atom is 0.169 e. The van der Waals surface area contributed by atoms with E-state index in [0.29, 0.717) is 24.9 Å². The number of rotatable bonds is 4. The van der Waals surface area contributed by atoms with Crippen molar-refractivity contribution >= 4 is 27.2 Å². The normalized spacial score (nSPS) is 27.5. The SMILES string of the molecule is Cc1nn([C@@H]2CCS(=O)(=O)C2)c(C)c1CN(C)C(=S)N[C@@H]1CCCC[C@@H]1C. The fourth-order valence-corrected chi connectivity index (χ4v) is 6.27. The van der Waals surface area contributed by atoms with Gasteiger partial charge in [0, 0.05) is 30.9 Å². The van der Waals surface area contributed by atoms with Crippen molar-refractivity contribution in [1.82, 2.24) is 20.0 Å². The molecule has 1 aromatic rings. The lowest BCUT2D eigenvalue weighted by atomic mass is 9.86. The van der Waals surface area contributed by atoms with Gasteiger partial charge in [0.2, 0.25) is 0 Å². The molecule has 0 unspecified atom stereocenters. The van der Waals surface area contributed by atoms with Crippen molar-refractivity contribution in [3.63, 3.8) is 0 Å². The molecule has 152 valence electrons. The molecule has 0 bridgehead atoms. The Morgan fingerprint density at radius 2 is 2.00 bits per heavy atom. The van der Waals surface area contributed by atoms with Crippen LogP contribution in [0.15, 0.2) is 0 Å². The van der Waals surface area contributed by atoms with Crippen LogP contribution in [0.3, 0.4) is 0 Å². The molecule has 2 heterocycles. The van der Waals surface area contributed by atoms with Crippen LogP contribution in [0.1, 0.15) is 62.0 Å². The van der Waals surface area contributed by atoms with Crippen molar-refractivity contribution < 1.29 is 8.42 Å². The molecule has 1 aliphatic heterocycles. The molecular formula is C19H32N4O2S2. The van der Waals surface area contributed by atoms with Crippen molar-refractivity contribution in [2.75, 3.05) is 18.6 Å². The number of hydrogen-bond acceptors (Lipinski definition) is 4. The second-order valence-electron chi connectivity index (χ2n) is 8.32. The Bertz CT molecular complexity index is 803. The summed E-state index contributed by atoms with van der Waals surface area (Å²) in [5, 5.41) is 8.99. The minimum atomic E-state index is -2.92. The predicted molar refractivity (Wildman–Crippen MR) is 113 cm³/mol. The summed E-state index contributed by atoms with van der Waals surface area (Å²) in [7, 11) is -0.911. The van der Waals surface area contributed by atoms with E-state index in [1.807, 2.05) is 25.6 Å². The maximum absolute atomic E-state index is 11.8. The smallest absolute Gasteiger partial charge is 0.169 e. The molecule has 0 aromatic carbocycles. The van der Waals surface area contributed by atoms with Gasteiger partial charge in [-0.05, 0) is 51.2 Å². The highest BCUT2D eigenvalue weighted by Crippen LogP contribution is 2.27. The third kappa shape index (κ3) is 4.65. The summed E-state index contributed by atoms with van der Waals surface area (Å²) in [4.78, 5) is 2.07. The van der Waals surface area contributed by atoms with Gasteiger partial charge in [-0.2, -0.15) is 5.10 Å². The first-order valence-electron chi connectivity index (χ1n) is 9.94. The van der Waals surface area contributed by atoms with Gasteiger partial charge in [-0.15, -0.1) is 0 Å². The van der Waals surface area contributed by atoms with Crippen molar-refractivity contribution in [2.45, 2.75) is 71.5 Å². The van der Waals surface area contributed by atoms with E-state index in [4.69, 9.17) is 12.2 Å². The lowest BCUT2D eigenvalue weighted by Gasteiger charge is -2.33. The zero-order valence-electron chi connectivity index (χ0n) is 16.9. The van der Waals surface area contributed by atoms with Crippen LogP contribution in [-0.2, 0) is 16.4 Å². The first-order chi connectivity index (χ1) is 12.7. The Morgan fingerprint density at radius 1 is 1.30 bits per heavy atom. The summed E-state index contributed by atoms with van der Waals surface area (Å²) in [5.41, 5.74) is 3.15. The summed E-state index contributed by atoms with van der Waals surface area (Å²) in [6.07, 6.45) is 5.68. The van der Waals surface area contributed by atoms with Gasteiger partial charge >= 0.3 is 0 Å². The standard InChI is InChI=1S/C19H32N4O2S2/c1-13-7-5-6-8-18(13)20-19(26)22(4)11-17-14(2)21-23(15(17)3)16-9-10-27(24,25)12-16/h13,16,18H,5-12H2,1-4H3,(H,20,26)/t13-,16+,18+/m0/s1. The Balaban J connectivity index is 1.67. The molecule has 8 heteroatoms. The molecule has 2 fully saturated rings. The number of nitrogens with zero attached hydrogens (tertiary/aromatic N) is 3. The zero-order chi connectivity index (χ0) is 19.8. The molecule has 1 saturated heterocycles. The molecule has 3 atom stereocenters. The first-order valence-corrected chi connectivity index (χ1v) is 12.2. The summed E-state index contributed by atoms with van der Waals surface area (Å²) in [5.74, 6) is 1.11. The molecule has 0 radical (unpaired) electrons. The quantitative estimate of drug-likeness (QED) is 0.767. The number of hydrogen-bond donors (Lipinski definition) is 1. The van der Waals surface area contributed by atoms with E-state index in [2.05, 4.69) is 22.2 Å². The largest absolute Gasteiger partial charge is 0.360 e. The average molecular weight is 413 g/mol. The fourth-order valence-electron chi connectivity index (χ4n) is 4.36. The minimum Gasteiger partial charge on any atom is -0.360 e. The predicted octanol–water partition coefficient (Wildman–Crippen LogP) is 2.74. The molecule has 1 aromatic heterocycles. The molecule has 1 aliphatic carbocycles. The second-order valence-corrected chi connectivity index (χ2v) is 10.9. The summed E-state index contributed by atoms with van der Waals surface area (Å²) >= 11 is 5.65. The van der Waals surface area contributed by atoms with Crippen LogP contribution in [0, 0.1) is 19.8 Å². The molecule has 2 aliphatic rings. The van der Waals surface area contributed by atoms with Crippen LogP contribution in [0.2, 0.25) is 0 Å². The monoisotopic (exact) mass is 412 g/mol. The van der Waals surface area contributed by atoms with Crippen LogP contribution >= 0.6 is 12.2 Å². The van der Waals surface area contributed by atoms with E-state index >= 15 is 0 Å². The topological polar surface area (TPSA) is 67.2 Å². The van der Waals surface area contributed by atoms with Gasteiger partial charge in [0.05, 0.1) is 23.2 Å². The lowest BCUT2D eigenvalue weighted by Crippen LogP contribution is -2.46. The van der Waals surface area contributed by atoms with Crippen LogP contribution in [-0.4, -0.2) is 52.8 Å². The number of nitrogens with one attached hydrogen (secondary N) is 1. The molecule has 3 rings (SSSR count). The van der Waals surface area contributed by atoms with E-state index in [-0.39, 0.29) is 17.5 Å². The van der Waals surface area contributed by atoms with E-state index in [9.17, 15) is 8.42 Å². The number of aryl methyl sites for hydroxylation is 1. The van der Waals surface area contributed by atoms with Gasteiger partial charge in [0.15, 0.2) is 14.9 Å². The summed E-state index contributed by atoms with van der Waals surface area (Å²) < 4.78 is 25.6. The van der Waals surface area contributed by atoms with Crippen LogP contribution in [0.4, 0.5) is 0 Å². The minimum absolute atomic E-state index is 0.0408. The van der Waals surface area contributed by atoms with Gasteiger partial charge in [-0.1, -0.05) is 19.8 Å². The molecule has 6 nitrogen and oxygen atoms in total. The zero-order valence-corrected chi connectivity index (χ0v) is 18.5. The highest BCUT2D eigenvalue weighted by molar-refractivity contribution is 7.91. The molecule has 1 saturated carbocycles. The van der Waals surface area contributed by atoms with Gasteiger partial charge in [0.25, 0.3) is 0 Å². The summed E-state index contributed by atoms with van der Waals surface area (Å²) in [6.45, 7) is 7.01. The average Bonchev–Trinajstić information content (AvgIpc) is 3.10. The van der Waals surface area contributed by atoms with Crippen molar-refractivity contribution in [3.05, 3.63) is 17.0 Å². The lowest BCUT2D eigenvalue weighted by molar-refractivity contribution is 0.300. The number of sulfone groups is 1. The Hall–Kier alpha value is -1.15. The Morgan fingerprint density at radius 3 is 2.63 bits per heavy atom.